The summed E-state index contributed by atoms with van der Waals surface area (Å²) in [7, 11) is 0. The lowest BCUT2D eigenvalue weighted by Crippen LogP contribution is -2.31. The topological polar surface area (TPSA) is 20.3 Å². The Labute approximate surface area is 99.7 Å². The maximum Gasteiger partial charge on any atom is 0.222 e. The van der Waals surface area contributed by atoms with Gasteiger partial charge < -0.3 is 4.90 Å². The van der Waals surface area contributed by atoms with Gasteiger partial charge in [-0.15, -0.1) is 6.58 Å². The summed E-state index contributed by atoms with van der Waals surface area (Å²) in [4.78, 5) is 14.0. The molecule has 0 atom stereocenters. The number of amides is 1. The van der Waals surface area contributed by atoms with E-state index in [1.165, 1.54) is 32.1 Å². The Hall–Kier alpha value is -0.790. The van der Waals surface area contributed by atoms with Gasteiger partial charge in [0.2, 0.25) is 5.91 Å². The minimum absolute atomic E-state index is 0.375. The van der Waals surface area contributed by atoms with Crippen molar-refractivity contribution in [1.29, 1.82) is 0 Å². The van der Waals surface area contributed by atoms with E-state index >= 15 is 0 Å². The Balaban J connectivity index is 2.10. The van der Waals surface area contributed by atoms with E-state index in [2.05, 4.69) is 11.5 Å². The molecule has 2 nitrogen and oxygen atoms in total. The standard InChI is InChI=1S/C14H25NO/c1-2-3-4-5-8-11-14(16)15-12-9-6-7-10-13-15/h2H,1,3-13H2. The molecule has 0 aromatic carbocycles. The minimum Gasteiger partial charge on any atom is -0.343 e. The van der Waals surface area contributed by atoms with Crippen molar-refractivity contribution in [2.24, 2.45) is 0 Å². The van der Waals surface area contributed by atoms with Crippen LogP contribution in [0.2, 0.25) is 0 Å². The molecule has 0 saturated carbocycles. The Morgan fingerprint density at radius 2 is 1.75 bits per heavy atom. The molecular weight excluding hydrogens is 198 g/mol. The highest BCUT2D eigenvalue weighted by Gasteiger charge is 2.14. The van der Waals surface area contributed by atoms with Gasteiger partial charge in [0, 0.05) is 19.5 Å². The number of carbonyl (C=O) groups is 1. The molecule has 16 heavy (non-hydrogen) atoms. The number of nitrogens with zero attached hydrogens (tertiary/aromatic N) is 1. The van der Waals surface area contributed by atoms with Gasteiger partial charge >= 0.3 is 0 Å². The van der Waals surface area contributed by atoms with Gasteiger partial charge in [-0.25, -0.2) is 0 Å². The summed E-state index contributed by atoms with van der Waals surface area (Å²) >= 11 is 0. The number of carbonyl (C=O) groups excluding carboxylic acids is 1. The summed E-state index contributed by atoms with van der Waals surface area (Å²) in [6, 6.07) is 0. The van der Waals surface area contributed by atoms with Gasteiger partial charge in [-0.2, -0.15) is 0 Å². The lowest BCUT2D eigenvalue weighted by atomic mass is 10.1. The molecule has 0 radical (unpaired) electrons. The van der Waals surface area contributed by atoms with Crippen LogP contribution in [0.5, 0.6) is 0 Å². The zero-order valence-corrected chi connectivity index (χ0v) is 10.4. The molecule has 92 valence electrons. The van der Waals surface area contributed by atoms with E-state index in [0.29, 0.717) is 5.91 Å². The highest BCUT2D eigenvalue weighted by Crippen LogP contribution is 2.12. The van der Waals surface area contributed by atoms with Gasteiger partial charge in [-0.3, -0.25) is 4.79 Å². The molecule has 1 heterocycles. The molecule has 1 amide bonds. The highest BCUT2D eigenvalue weighted by atomic mass is 16.2. The first kappa shape index (κ1) is 13.3. The molecule has 0 unspecified atom stereocenters. The predicted octanol–water partition coefficient (Wildman–Crippen LogP) is 3.53. The first-order chi connectivity index (χ1) is 7.84. The van der Waals surface area contributed by atoms with E-state index in [1.54, 1.807) is 0 Å². The molecule has 0 bridgehead atoms. The van der Waals surface area contributed by atoms with Crippen molar-refractivity contribution in [3.8, 4) is 0 Å². The number of hydrogen-bond acceptors (Lipinski definition) is 1. The van der Waals surface area contributed by atoms with E-state index in [1.807, 2.05) is 6.08 Å². The Morgan fingerprint density at radius 3 is 2.38 bits per heavy atom. The average molecular weight is 223 g/mol. The summed E-state index contributed by atoms with van der Waals surface area (Å²) in [6.07, 6.45) is 12.1. The van der Waals surface area contributed by atoms with Gasteiger partial charge in [0.05, 0.1) is 0 Å². The van der Waals surface area contributed by atoms with Gasteiger partial charge in [0.15, 0.2) is 0 Å². The molecule has 0 aliphatic carbocycles. The van der Waals surface area contributed by atoms with Crippen LogP contribution in [-0.2, 0) is 4.79 Å². The number of rotatable bonds is 6. The SMILES string of the molecule is C=CCCCCCC(=O)N1CCCCCC1. The van der Waals surface area contributed by atoms with Gasteiger partial charge in [-0.05, 0) is 32.1 Å². The zero-order valence-electron chi connectivity index (χ0n) is 10.4. The van der Waals surface area contributed by atoms with Crippen molar-refractivity contribution in [3.05, 3.63) is 12.7 Å². The summed E-state index contributed by atoms with van der Waals surface area (Å²) in [6.45, 7) is 5.69. The van der Waals surface area contributed by atoms with Gasteiger partial charge in [0.25, 0.3) is 0 Å². The predicted molar refractivity (Wildman–Crippen MR) is 68.3 cm³/mol. The van der Waals surface area contributed by atoms with Crippen LogP contribution >= 0.6 is 0 Å². The van der Waals surface area contributed by atoms with Gasteiger partial charge in [-0.1, -0.05) is 25.3 Å². The molecule has 0 aromatic heterocycles. The van der Waals surface area contributed by atoms with Crippen LogP contribution in [0.3, 0.4) is 0 Å². The summed E-state index contributed by atoms with van der Waals surface area (Å²) < 4.78 is 0. The third-order valence-corrected chi connectivity index (χ3v) is 3.26. The largest absolute Gasteiger partial charge is 0.343 e. The second-order valence-electron chi connectivity index (χ2n) is 4.68. The molecule has 0 aromatic rings. The highest BCUT2D eigenvalue weighted by molar-refractivity contribution is 5.76. The maximum absolute atomic E-state index is 11.9. The van der Waals surface area contributed by atoms with E-state index in [-0.39, 0.29) is 0 Å². The van der Waals surface area contributed by atoms with Crippen LogP contribution in [-0.4, -0.2) is 23.9 Å². The van der Waals surface area contributed by atoms with E-state index in [9.17, 15) is 4.79 Å². The van der Waals surface area contributed by atoms with Crippen molar-refractivity contribution in [1.82, 2.24) is 4.90 Å². The van der Waals surface area contributed by atoms with E-state index in [4.69, 9.17) is 0 Å². The van der Waals surface area contributed by atoms with Crippen molar-refractivity contribution in [2.75, 3.05) is 13.1 Å². The monoisotopic (exact) mass is 223 g/mol. The van der Waals surface area contributed by atoms with Crippen molar-refractivity contribution in [2.45, 2.75) is 57.8 Å². The van der Waals surface area contributed by atoms with E-state index < -0.39 is 0 Å². The minimum atomic E-state index is 0.375. The molecular formula is C14H25NO. The Bertz CT molecular complexity index is 205. The van der Waals surface area contributed by atoms with E-state index in [0.717, 1.165) is 38.8 Å². The molecule has 0 spiro atoms. The van der Waals surface area contributed by atoms with Crippen LogP contribution in [0.15, 0.2) is 12.7 Å². The fourth-order valence-electron chi connectivity index (χ4n) is 2.22. The summed E-state index contributed by atoms with van der Waals surface area (Å²) in [5.41, 5.74) is 0. The number of likely N-dealkylation sites (tertiary alicyclic amines) is 1. The van der Waals surface area contributed by atoms with Crippen LogP contribution in [0, 0.1) is 0 Å². The van der Waals surface area contributed by atoms with Crippen LogP contribution in [0.4, 0.5) is 0 Å². The summed E-state index contributed by atoms with van der Waals surface area (Å²) in [5, 5.41) is 0. The maximum atomic E-state index is 11.9. The Morgan fingerprint density at radius 1 is 1.06 bits per heavy atom. The molecule has 1 rings (SSSR count). The number of unbranched alkanes of at least 4 members (excludes halogenated alkanes) is 3. The molecule has 1 saturated heterocycles. The lowest BCUT2D eigenvalue weighted by Gasteiger charge is -2.20. The second-order valence-corrected chi connectivity index (χ2v) is 4.68. The van der Waals surface area contributed by atoms with Crippen LogP contribution < -0.4 is 0 Å². The molecule has 0 N–H and O–H groups in total. The van der Waals surface area contributed by atoms with Crippen molar-refractivity contribution in [3.63, 3.8) is 0 Å². The van der Waals surface area contributed by atoms with Crippen LogP contribution in [0.1, 0.15) is 57.8 Å². The normalized spacial score (nSPS) is 16.9. The first-order valence-corrected chi connectivity index (χ1v) is 6.73. The third kappa shape index (κ3) is 5.34. The molecule has 1 fully saturated rings. The third-order valence-electron chi connectivity index (χ3n) is 3.26. The molecule has 1 aliphatic heterocycles. The number of allylic oxidation sites excluding steroid dienone is 1. The molecule has 2 heteroatoms. The van der Waals surface area contributed by atoms with Crippen LogP contribution in [0.25, 0.3) is 0 Å². The fraction of sp³-hybridized carbons (Fsp3) is 0.786. The quantitative estimate of drug-likeness (QED) is 0.498. The zero-order chi connectivity index (χ0) is 11.6. The average Bonchev–Trinajstić information content (AvgIpc) is 2.57. The number of hydrogen-bond donors (Lipinski definition) is 0. The van der Waals surface area contributed by atoms with Crippen molar-refractivity contribution < 1.29 is 4.79 Å². The second kappa shape index (κ2) is 8.37. The lowest BCUT2D eigenvalue weighted by molar-refractivity contribution is -0.131. The smallest absolute Gasteiger partial charge is 0.222 e. The first-order valence-electron chi connectivity index (χ1n) is 6.73. The Kier molecular flexibility index (Phi) is 6.95. The molecule has 1 aliphatic rings. The van der Waals surface area contributed by atoms with Gasteiger partial charge in [0.1, 0.15) is 0 Å². The fourth-order valence-corrected chi connectivity index (χ4v) is 2.22. The summed E-state index contributed by atoms with van der Waals surface area (Å²) in [5.74, 6) is 0.375. The van der Waals surface area contributed by atoms with Crippen molar-refractivity contribution >= 4 is 5.91 Å².